The third kappa shape index (κ3) is 4.11. The number of nitrogens with one attached hydrogen (secondary N) is 2. The van der Waals surface area contributed by atoms with E-state index in [0.29, 0.717) is 22.8 Å². The SMILES string of the molecule is O=C(CN1C(=O)COc2ccc(NC(=O)c3ccco3)cc21)Nc1ccccc1. The van der Waals surface area contributed by atoms with Crippen LogP contribution in [0, 0.1) is 0 Å². The van der Waals surface area contributed by atoms with Gasteiger partial charge in [-0.2, -0.15) is 0 Å². The molecule has 1 aliphatic heterocycles. The molecule has 0 atom stereocenters. The quantitative estimate of drug-likeness (QED) is 0.697. The van der Waals surface area contributed by atoms with Crippen molar-refractivity contribution in [3.63, 3.8) is 0 Å². The topological polar surface area (TPSA) is 101 Å². The van der Waals surface area contributed by atoms with Crippen LogP contribution in [0.5, 0.6) is 5.75 Å². The highest BCUT2D eigenvalue weighted by atomic mass is 16.5. The zero-order valence-electron chi connectivity index (χ0n) is 15.3. The summed E-state index contributed by atoms with van der Waals surface area (Å²) in [6, 6.07) is 17.0. The van der Waals surface area contributed by atoms with Crippen LogP contribution in [0.1, 0.15) is 10.6 Å². The summed E-state index contributed by atoms with van der Waals surface area (Å²) in [6.45, 7) is -0.344. The molecule has 1 aliphatic rings. The molecule has 0 bridgehead atoms. The fourth-order valence-electron chi connectivity index (χ4n) is 2.92. The van der Waals surface area contributed by atoms with E-state index in [0.717, 1.165) is 0 Å². The van der Waals surface area contributed by atoms with E-state index >= 15 is 0 Å². The van der Waals surface area contributed by atoms with Crippen molar-refractivity contribution >= 4 is 34.8 Å². The Morgan fingerprint density at radius 2 is 1.79 bits per heavy atom. The van der Waals surface area contributed by atoms with Gasteiger partial charge in [-0.1, -0.05) is 18.2 Å². The molecular weight excluding hydrogens is 374 g/mol. The lowest BCUT2D eigenvalue weighted by atomic mass is 10.2. The summed E-state index contributed by atoms with van der Waals surface area (Å²) in [4.78, 5) is 38.3. The van der Waals surface area contributed by atoms with Crippen molar-refractivity contribution in [2.45, 2.75) is 0 Å². The molecule has 0 unspecified atom stereocenters. The van der Waals surface area contributed by atoms with E-state index in [1.165, 1.54) is 11.2 Å². The molecule has 0 radical (unpaired) electrons. The lowest BCUT2D eigenvalue weighted by molar-refractivity contribution is -0.123. The predicted octanol–water partition coefficient (Wildman–Crippen LogP) is 2.90. The Kier molecular flexibility index (Phi) is 4.98. The van der Waals surface area contributed by atoms with E-state index in [1.807, 2.05) is 6.07 Å². The van der Waals surface area contributed by atoms with Crippen molar-refractivity contribution in [1.82, 2.24) is 0 Å². The van der Waals surface area contributed by atoms with Crippen molar-refractivity contribution in [3.05, 3.63) is 72.7 Å². The first-order valence-electron chi connectivity index (χ1n) is 8.87. The Balaban J connectivity index is 1.53. The summed E-state index contributed by atoms with van der Waals surface area (Å²) in [6.07, 6.45) is 1.40. The number of anilines is 3. The summed E-state index contributed by atoms with van der Waals surface area (Å²) in [5, 5.41) is 5.45. The predicted molar refractivity (Wildman–Crippen MR) is 106 cm³/mol. The second-order valence-electron chi connectivity index (χ2n) is 6.30. The summed E-state index contributed by atoms with van der Waals surface area (Å²) in [5.41, 5.74) is 1.48. The molecule has 3 amide bonds. The van der Waals surface area contributed by atoms with Gasteiger partial charge in [-0.25, -0.2) is 0 Å². The average molecular weight is 391 g/mol. The van der Waals surface area contributed by atoms with Crippen LogP contribution in [0.15, 0.2) is 71.3 Å². The van der Waals surface area contributed by atoms with Gasteiger partial charge in [-0.05, 0) is 42.5 Å². The Bertz CT molecular complexity index is 1050. The minimum absolute atomic E-state index is 0.161. The number of fused-ring (bicyclic) bond motifs is 1. The molecule has 0 saturated carbocycles. The van der Waals surface area contributed by atoms with E-state index in [-0.39, 0.29) is 30.7 Å². The highest BCUT2D eigenvalue weighted by molar-refractivity contribution is 6.06. The van der Waals surface area contributed by atoms with Gasteiger partial charge < -0.3 is 19.8 Å². The number of carbonyl (C=O) groups excluding carboxylic acids is 3. The largest absolute Gasteiger partial charge is 0.482 e. The molecule has 29 heavy (non-hydrogen) atoms. The number of para-hydroxylation sites is 1. The number of amides is 3. The second-order valence-corrected chi connectivity index (χ2v) is 6.30. The van der Waals surface area contributed by atoms with Gasteiger partial charge in [0, 0.05) is 11.4 Å². The van der Waals surface area contributed by atoms with Gasteiger partial charge in [0.05, 0.1) is 12.0 Å². The lowest BCUT2D eigenvalue weighted by Crippen LogP contribution is -2.43. The summed E-state index contributed by atoms with van der Waals surface area (Å²) in [7, 11) is 0. The monoisotopic (exact) mass is 391 g/mol. The number of ether oxygens (including phenoxy) is 1. The third-order valence-corrected chi connectivity index (χ3v) is 4.26. The lowest BCUT2D eigenvalue weighted by Gasteiger charge is -2.29. The van der Waals surface area contributed by atoms with Crippen LogP contribution in [0.25, 0.3) is 0 Å². The highest BCUT2D eigenvalue weighted by Crippen LogP contribution is 2.34. The molecule has 2 heterocycles. The first-order chi connectivity index (χ1) is 14.1. The normalized spacial score (nSPS) is 12.7. The van der Waals surface area contributed by atoms with E-state index in [2.05, 4.69) is 10.6 Å². The Hall–Kier alpha value is -4.07. The molecule has 8 nitrogen and oxygen atoms in total. The maximum absolute atomic E-state index is 12.4. The average Bonchev–Trinajstić information content (AvgIpc) is 3.26. The molecule has 2 N–H and O–H groups in total. The van der Waals surface area contributed by atoms with Crippen LogP contribution >= 0.6 is 0 Å². The van der Waals surface area contributed by atoms with Gasteiger partial charge in [-0.3, -0.25) is 19.3 Å². The van der Waals surface area contributed by atoms with E-state index in [4.69, 9.17) is 9.15 Å². The molecular formula is C21H17N3O5. The van der Waals surface area contributed by atoms with Gasteiger partial charge in [0.2, 0.25) is 5.91 Å². The van der Waals surface area contributed by atoms with Crippen LogP contribution in [0.3, 0.4) is 0 Å². The highest BCUT2D eigenvalue weighted by Gasteiger charge is 2.28. The number of benzene rings is 2. The Labute approximate surface area is 166 Å². The van der Waals surface area contributed by atoms with Gasteiger partial charge in [-0.15, -0.1) is 0 Å². The first-order valence-corrected chi connectivity index (χ1v) is 8.87. The van der Waals surface area contributed by atoms with E-state index in [9.17, 15) is 14.4 Å². The number of hydrogen-bond acceptors (Lipinski definition) is 5. The minimum Gasteiger partial charge on any atom is -0.482 e. The Morgan fingerprint density at radius 3 is 2.55 bits per heavy atom. The van der Waals surface area contributed by atoms with Crippen LogP contribution in [0.2, 0.25) is 0 Å². The number of carbonyl (C=O) groups is 3. The van der Waals surface area contributed by atoms with Gasteiger partial charge >= 0.3 is 0 Å². The first kappa shape index (κ1) is 18.3. The van der Waals surface area contributed by atoms with Gasteiger partial charge in [0.25, 0.3) is 11.8 Å². The van der Waals surface area contributed by atoms with E-state index < -0.39 is 5.91 Å². The van der Waals surface area contributed by atoms with Crippen LogP contribution in [-0.4, -0.2) is 30.9 Å². The molecule has 1 aromatic heterocycles. The Morgan fingerprint density at radius 1 is 0.966 bits per heavy atom. The molecule has 0 fully saturated rings. The standard InChI is InChI=1S/C21H17N3O5/c25-19(22-14-5-2-1-3-6-14)12-24-16-11-15(8-9-17(16)29-13-20(24)26)23-21(27)18-7-4-10-28-18/h1-11H,12-13H2,(H,22,25)(H,23,27). The number of hydrogen-bond donors (Lipinski definition) is 2. The summed E-state index contributed by atoms with van der Waals surface area (Å²) < 4.78 is 10.5. The smallest absolute Gasteiger partial charge is 0.291 e. The molecule has 0 spiro atoms. The fraction of sp³-hybridized carbons (Fsp3) is 0.0952. The number of furan rings is 1. The molecule has 2 aromatic carbocycles. The maximum atomic E-state index is 12.4. The summed E-state index contributed by atoms with van der Waals surface area (Å²) >= 11 is 0. The van der Waals surface area contributed by atoms with Crippen molar-refractivity contribution in [2.24, 2.45) is 0 Å². The molecule has 8 heteroatoms. The van der Waals surface area contributed by atoms with Crippen LogP contribution in [-0.2, 0) is 9.59 Å². The second kappa shape index (κ2) is 7.89. The molecule has 0 aliphatic carbocycles. The zero-order chi connectivity index (χ0) is 20.2. The molecule has 146 valence electrons. The van der Waals surface area contributed by atoms with Crippen molar-refractivity contribution in [1.29, 1.82) is 0 Å². The molecule has 3 aromatic rings. The fourth-order valence-corrected chi connectivity index (χ4v) is 2.92. The van der Waals surface area contributed by atoms with Gasteiger partial charge in [0.1, 0.15) is 12.3 Å². The van der Waals surface area contributed by atoms with Crippen molar-refractivity contribution < 1.29 is 23.5 Å². The van der Waals surface area contributed by atoms with Crippen LogP contribution in [0.4, 0.5) is 17.1 Å². The molecule has 4 rings (SSSR count). The number of rotatable bonds is 5. The molecule has 0 saturated heterocycles. The van der Waals surface area contributed by atoms with Crippen LogP contribution < -0.4 is 20.3 Å². The van der Waals surface area contributed by atoms with Crippen molar-refractivity contribution in [3.8, 4) is 5.75 Å². The number of nitrogens with zero attached hydrogens (tertiary/aromatic N) is 1. The minimum atomic E-state index is -0.425. The zero-order valence-corrected chi connectivity index (χ0v) is 15.3. The maximum Gasteiger partial charge on any atom is 0.291 e. The van der Waals surface area contributed by atoms with Gasteiger partial charge in [0.15, 0.2) is 12.4 Å². The van der Waals surface area contributed by atoms with Crippen molar-refractivity contribution in [2.75, 3.05) is 28.7 Å². The third-order valence-electron chi connectivity index (χ3n) is 4.26. The summed E-state index contributed by atoms with van der Waals surface area (Å²) in [5.74, 6) is -0.508. The van der Waals surface area contributed by atoms with E-state index in [1.54, 1.807) is 54.6 Å².